The van der Waals surface area contributed by atoms with Crippen LogP contribution in [0.3, 0.4) is 0 Å². The normalized spacial score (nSPS) is 11.2. The topological polar surface area (TPSA) is 33.5 Å². The van der Waals surface area contributed by atoms with Crippen LogP contribution in [0, 0.1) is 6.92 Å². The Morgan fingerprint density at radius 3 is 2.74 bits per heavy atom. The van der Waals surface area contributed by atoms with Crippen molar-refractivity contribution in [1.29, 1.82) is 0 Å². The van der Waals surface area contributed by atoms with Crippen molar-refractivity contribution in [3.05, 3.63) is 35.6 Å². The molecule has 1 aromatic heterocycles. The molecule has 1 heterocycles. The first-order valence-corrected chi connectivity index (χ1v) is 7.52. The fourth-order valence-electron chi connectivity index (χ4n) is 2.10. The van der Waals surface area contributed by atoms with Gasteiger partial charge in [-0.25, -0.2) is 0 Å². The van der Waals surface area contributed by atoms with Crippen LogP contribution in [-0.2, 0) is 0 Å². The lowest BCUT2D eigenvalue weighted by Gasteiger charge is -2.24. The molecule has 1 aromatic carbocycles. The Morgan fingerprint density at radius 2 is 2.11 bits per heavy atom. The van der Waals surface area contributed by atoms with Crippen molar-refractivity contribution in [1.82, 2.24) is 4.90 Å². The van der Waals surface area contributed by atoms with Crippen LogP contribution < -0.4 is 0 Å². The van der Waals surface area contributed by atoms with Gasteiger partial charge in [0.15, 0.2) is 5.76 Å². The number of benzene rings is 1. The highest BCUT2D eigenvalue weighted by Gasteiger charge is 2.21. The maximum absolute atomic E-state index is 12.4. The third kappa shape index (κ3) is 3.00. The highest BCUT2D eigenvalue weighted by atomic mass is 79.9. The number of amides is 1. The Hall–Kier alpha value is -1.29. The highest BCUT2D eigenvalue weighted by Crippen LogP contribution is 2.22. The zero-order valence-corrected chi connectivity index (χ0v) is 13.0. The Bertz CT molecular complexity index is 589. The second-order valence-electron chi connectivity index (χ2n) is 4.93. The number of carbonyl (C=O) groups is 1. The first kappa shape index (κ1) is 14.1. The number of halogens is 1. The summed E-state index contributed by atoms with van der Waals surface area (Å²) in [6.07, 6.45) is 0. The van der Waals surface area contributed by atoms with E-state index < -0.39 is 0 Å². The Kier molecular flexibility index (Phi) is 4.30. The van der Waals surface area contributed by atoms with Crippen molar-refractivity contribution in [2.24, 2.45) is 0 Å². The summed E-state index contributed by atoms with van der Waals surface area (Å²) >= 11 is 3.38. The SMILES string of the molecule is Cc1ccc2oc(C(=O)N(CCBr)C(C)C)cc2c1. The summed E-state index contributed by atoms with van der Waals surface area (Å²) in [5.41, 5.74) is 1.92. The first-order chi connectivity index (χ1) is 9.02. The Labute approximate surface area is 121 Å². The predicted octanol–water partition coefficient (Wildman–Crippen LogP) is 3.99. The molecule has 0 atom stereocenters. The average Bonchev–Trinajstić information content (AvgIpc) is 2.77. The van der Waals surface area contributed by atoms with E-state index in [1.54, 1.807) is 4.90 Å². The van der Waals surface area contributed by atoms with E-state index in [1.807, 2.05) is 45.0 Å². The van der Waals surface area contributed by atoms with Crippen LogP contribution in [0.5, 0.6) is 0 Å². The van der Waals surface area contributed by atoms with Crippen molar-refractivity contribution >= 4 is 32.8 Å². The molecule has 4 heteroatoms. The number of hydrogen-bond acceptors (Lipinski definition) is 2. The van der Waals surface area contributed by atoms with E-state index in [1.165, 1.54) is 0 Å². The molecule has 0 unspecified atom stereocenters. The molecule has 3 nitrogen and oxygen atoms in total. The van der Waals surface area contributed by atoms with Gasteiger partial charge in [-0.05, 0) is 39.0 Å². The monoisotopic (exact) mass is 323 g/mol. The fourth-order valence-corrected chi connectivity index (χ4v) is 2.48. The van der Waals surface area contributed by atoms with Crippen LogP contribution in [0.25, 0.3) is 11.0 Å². The van der Waals surface area contributed by atoms with Crippen molar-refractivity contribution in [2.45, 2.75) is 26.8 Å². The van der Waals surface area contributed by atoms with Gasteiger partial charge < -0.3 is 9.32 Å². The van der Waals surface area contributed by atoms with Crippen molar-refractivity contribution in [3.63, 3.8) is 0 Å². The van der Waals surface area contributed by atoms with Gasteiger partial charge >= 0.3 is 0 Å². The zero-order valence-electron chi connectivity index (χ0n) is 11.4. The molecule has 0 saturated carbocycles. The number of nitrogens with zero attached hydrogens (tertiary/aromatic N) is 1. The number of rotatable bonds is 4. The predicted molar refractivity (Wildman–Crippen MR) is 80.9 cm³/mol. The summed E-state index contributed by atoms with van der Waals surface area (Å²) < 4.78 is 5.66. The van der Waals surface area contributed by atoms with E-state index in [9.17, 15) is 4.79 Å². The molecule has 2 rings (SSSR count). The van der Waals surface area contributed by atoms with Crippen LogP contribution in [0.2, 0.25) is 0 Å². The molecule has 2 aromatic rings. The molecule has 0 bridgehead atoms. The lowest BCUT2D eigenvalue weighted by molar-refractivity contribution is 0.0689. The quantitative estimate of drug-likeness (QED) is 0.797. The van der Waals surface area contributed by atoms with Gasteiger partial charge in [-0.1, -0.05) is 27.6 Å². The van der Waals surface area contributed by atoms with E-state index in [-0.39, 0.29) is 11.9 Å². The number of alkyl halides is 1. The number of hydrogen-bond donors (Lipinski definition) is 0. The van der Waals surface area contributed by atoms with Crippen molar-refractivity contribution < 1.29 is 9.21 Å². The van der Waals surface area contributed by atoms with Crippen LogP contribution in [-0.4, -0.2) is 28.7 Å². The molecule has 102 valence electrons. The van der Waals surface area contributed by atoms with Gasteiger partial charge in [0, 0.05) is 23.3 Å². The van der Waals surface area contributed by atoms with E-state index in [0.717, 1.165) is 21.9 Å². The van der Waals surface area contributed by atoms with Crippen molar-refractivity contribution in [2.75, 3.05) is 11.9 Å². The Morgan fingerprint density at radius 1 is 1.37 bits per heavy atom. The molecule has 0 radical (unpaired) electrons. The van der Waals surface area contributed by atoms with E-state index >= 15 is 0 Å². The summed E-state index contributed by atoms with van der Waals surface area (Å²) in [6.45, 7) is 6.71. The average molecular weight is 324 g/mol. The molecule has 0 N–H and O–H groups in total. The summed E-state index contributed by atoms with van der Waals surface area (Å²) in [4.78, 5) is 14.2. The molecular weight excluding hydrogens is 306 g/mol. The number of carbonyl (C=O) groups excluding carboxylic acids is 1. The first-order valence-electron chi connectivity index (χ1n) is 6.40. The van der Waals surface area contributed by atoms with Crippen LogP contribution in [0.4, 0.5) is 0 Å². The van der Waals surface area contributed by atoms with Crippen molar-refractivity contribution in [3.8, 4) is 0 Å². The molecule has 0 aliphatic carbocycles. The van der Waals surface area contributed by atoms with Crippen LogP contribution in [0.1, 0.15) is 30.0 Å². The highest BCUT2D eigenvalue weighted by molar-refractivity contribution is 9.09. The van der Waals surface area contributed by atoms with E-state index in [4.69, 9.17) is 4.42 Å². The third-order valence-corrected chi connectivity index (χ3v) is 3.45. The minimum absolute atomic E-state index is 0.0525. The van der Waals surface area contributed by atoms with Gasteiger partial charge in [-0.3, -0.25) is 4.79 Å². The van der Waals surface area contributed by atoms with Gasteiger partial charge in [0.1, 0.15) is 5.58 Å². The second kappa shape index (κ2) is 5.78. The number of fused-ring (bicyclic) bond motifs is 1. The second-order valence-corrected chi connectivity index (χ2v) is 5.73. The lowest BCUT2D eigenvalue weighted by atomic mass is 10.2. The van der Waals surface area contributed by atoms with Crippen LogP contribution in [0.15, 0.2) is 28.7 Å². The van der Waals surface area contributed by atoms with Gasteiger partial charge in [-0.2, -0.15) is 0 Å². The minimum Gasteiger partial charge on any atom is -0.451 e. The molecule has 0 saturated heterocycles. The summed E-state index contributed by atoms with van der Waals surface area (Å²) in [6, 6.07) is 7.90. The summed E-state index contributed by atoms with van der Waals surface area (Å²) in [7, 11) is 0. The Balaban J connectivity index is 2.34. The van der Waals surface area contributed by atoms with Gasteiger partial charge in [0.25, 0.3) is 5.91 Å². The molecule has 0 fully saturated rings. The maximum Gasteiger partial charge on any atom is 0.289 e. The lowest BCUT2D eigenvalue weighted by Crippen LogP contribution is -2.38. The maximum atomic E-state index is 12.4. The molecule has 0 spiro atoms. The van der Waals surface area contributed by atoms with Gasteiger partial charge in [0.2, 0.25) is 0 Å². The zero-order chi connectivity index (χ0) is 14.0. The number of aryl methyl sites for hydroxylation is 1. The summed E-state index contributed by atoms with van der Waals surface area (Å²) in [5, 5.41) is 1.74. The van der Waals surface area contributed by atoms with Gasteiger partial charge in [0.05, 0.1) is 0 Å². The fraction of sp³-hybridized carbons (Fsp3) is 0.400. The summed E-state index contributed by atoms with van der Waals surface area (Å²) in [5.74, 6) is 0.360. The minimum atomic E-state index is -0.0525. The molecule has 0 aliphatic rings. The molecular formula is C15H18BrNO2. The largest absolute Gasteiger partial charge is 0.451 e. The third-order valence-electron chi connectivity index (χ3n) is 3.09. The van der Waals surface area contributed by atoms with E-state index in [0.29, 0.717) is 12.3 Å². The molecule has 1 amide bonds. The molecule has 19 heavy (non-hydrogen) atoms. The smallest absolute Gasteiger partial charge is 0.289 e. The molecule has 0 aliphatic heterocycles. The standard InChI is InChI=1S/C15H18BrNO2/c1-10(2)17(7-6-16)15(18)14-9-12-8-11(3)4-5-13(12)19-14/h4-5,8-10H,6-7H2,1-3H3. The van der Waals surface area contributed by atoms with Gasteiger partial charge in [-0.15, -0.1) is 0 Å². The van der Waals surface area contributed by atoms with Crippen LogP contribution >= 0.6 is 15.9 Å². The van der Waals surface area contributed by atoms with E-state index in [2.05, 4.69) is 15.9 Å². The number of furan rings is 1.